The third kappa shape index (κ3) is 4.17. The third-order valence-electron chi connectivity index (χ3n) is 6.49. The van der Waals surface area contributed by atoms with Gasteiger partial charge in [-0.3, -0.25) is 9.69 Å². The van der Waals surface area contributed by atoms with Crippen LogP contribution in [0.5, 0.6) is 0 Å². The van der Waals surface area contributed by atoms with E-state index in [0.29, 0.717) is 5.56 Å². The molecule has 0 bridgehead atoms. The van der Waals surface area contributed by atoms with Crippen LogP contribution in [-0.4, -0.2) is 57.8 Å². The molecule has 0 unspecified atom stereocenters. The molecule has 3 heterocycles. The number of ether oxygens (including phenoxy) is 1. The van der Waals surface area contributed by atoms with Gasteiger partial charge in [-0.2, -0.15) is 0 Å². The molecule has 1 saturated heterocycles. The molecule has 2 aromatic heterocycles. The fourth-order valence-electron chi connectivity index (χ4n) is 4.80. The zero-order valence-corrected chi connectivity index (χ0v) is 18.9. The number of hydrogen-bond acceptors (Lipinski definition) is 4. The highest BCUT2D eigenvalue weighted by Crippen LogP contribution is 2.34. The maximum Gasteiger partial charge on any atom is 0.251 e. The predicted octanol–water partition coefficient (Wildman–Crippen LogP) is 3.62. The number of amides is 1. The van der Waals surface area contributed by atoms with Gasteiger partial charge in [-0.1, -0.05) is 42.5 Å². The summed E-state index contributed by atoms with van der Waals surface area (Å²) in [4.78, 5) is 19.4. The van der Waals surface area contributed by atoms with Gasteiger partial charge in [0.2, 0.25) is 0 Å². The Morgan fingerprint density at radius 2 is 1.85 bits per heavy atom. The van der Waals surface area contributed by atoms with Crippen molar-refractivity contribution in [3.8, 4) is 16.9 Å². The summed E-state index contributed by atoms with van der Waals surface area (Å²) in [6, 6.07) is 14.3. The number of carbonyl (C=O) groups is 1. The molecule has 0 aliphatic carbocycles. The van der Waals surface area contributed by atoms with E-state index in [9.17, 15) is 4.79 Å². The van der Waals surface area contributed by atoms with Gasteiger partial charge in [0.25, 0.3) is 5.91 Å². The highest BCUT2D eigenvalue weighted by molar-refractivity contribution is 6.06. The van der Waals surface area contributed by atoms with Gasteiger partial charge >= 0.3 is 0 Å². The highest BCUT2D eigenvalue weighted by Gasteiger charge is 2.22. The van der Waals surface area contributed by atoms with E-state index >= 15 is 0 Å². The number of nitrogens with zero attached hydrogens (tertiary/aromatic N) is 4. The lowest BCUT2D eigenvalue weighted by Crippen LogP contribution is -2.37. The van der Waals surface area contributed by atoms with Crippen molar-refractivity contribution in [1.29, 1.82) is 0 Å². The molecule has 0 atom stereocenters. The van der Waals surface area contributed by atoms with Crippen LogP contribution in [0.4, 0.5) is 0 Å². The Balaban J connectivity index is 1.49. The Hall–Kier alpha value is -3.42. The number of fused-ring (bicyclic) bond motifs is 1. The van der Waals surface area contributed by atoms with Gasteiger partial charge in [0, 0.05) is 43.6 Å². The van der Waals surface area contributed by atoms with E-state index in [4.69, 9.17) is 10.5 Å². The molecule has 2 N–H and O–H groups in total. The van der Waals surface area contributed by atoms with Crippen molar-refractivity contribution in [2.24, 2.45) is 5.73 Å². The van der Waals surface area contributed by atoms with Gasteiger partial charge < -0.3 is 19.6 Å². The number of hydrogen-bond donors (Lipinski definition) is 1. The summed E-state index contributed by atoms with van der Waals surface area (Å²) in [7, 11) is 0. The number of aromatic nitrogens is 3. The molecule has 2 aromatic carbocycles. The number of nitrogens with two attached hydrogens (primary N) is 1. The van der Waals surface area contributed by atoms with Crippen molar-refractivity contribution < 1.29 is 9.53 Å². The zero-order valence-electron chi connectivity index (χ0n) is 18.9. The van der Waals surface area contributed by atoms with Crippen molar-refractivity contribution in [3.63, 3.8) is 0 Å². The lowest BCUT2D eigenvalue weighted by Gasteiger charge is -2.26. The van der Waals surface area contributed by atoms with E-state index in [1.807, 2.05) is 54.5 Å². The maximum absolute atomic E-state index is 12.5. The average molecular weight is 444 g/mol. The van der Waals surface area contributed by atoms with E-state index in [1.54, 1.807) is 0 Å². The van der Waals surface area contributed by atoms with Gasteiger partial charge in [0.05, 0.1) is 31.3 Å². The molecule has 170 valence electrons. The Morgan fingerprint density at radius 1 is 1.06 bits per heavy atom. The van der Waals surface area contributed by atoms with Crippen molar-refractivity contribution in [2.45, 2.75) is 19.9 Å². The van der Waals surface area contributed by atoms with Crippen LogP contribution in [0.15, 0.2) is 61.2 Å². The summed E-state index contributed by atoms with van der Waals surface area (Å²) in [5.74, 6) is 0.510. The largest absolute Gasteiger partial charge is 0.379 e. The SMILES string of the molecule is Cc1c(C(N)=O)c(-c2cccc3ccccc23)cn1-c1cncn1CCCN1CCOCC1. The fraction of sp³-hybridized carbons (Fsp3) is 0.308. The Kier molecular flexibility index (Phi) is 5.98. The molecule has 0 radical (unpaired) electrons. The topological polar surface area (TPSA) is 78.3 Å². The van der Waals surface area contributed by atoms with Crippen molar-refractivity contribution >= 4 is 16.7 Å². The van der Waals surface area contributed by atoms with E-state index < -0.39 is 5.91 Å². The van der Waals surface area contributed by atoms with E-state index in [0.717, 1.165) is 79.2 Å². The summed E-state index contributed by atoms with van der Waals surface area (Å²) < 4.78 is 9.62. The number of imidazole rings is 1. The zero-order chi connectivity index (χ0) is 22.8. The lowest BCUT2D eigenvalue weighted by molar-refractivity contribution is 0.0369. The standard InChI is InChI=1S/C26H29N5O2/c1-19-25(26(27)32)23(22-9-4-7-20-6-2-3-8-21(20)22)17-31(19)24-16-28-18-30(24)11-5-10-29-12-14-33-15-13-29/h2-4,6-9,16-18H,5,10-15H2,1H3,(H2,27,32). The monoisotopic (exact) mass is 443 g/mol. The first kappa shape index (κ1) is 21.4. The van der Waals surface area contributed by atoms with E-state index in [1.165, 1.54) is 0 Å². The van der Waals surface area contributed by atoms with Crippen molar-refractivity contribution in [3.05, 3.63) is 72.4 Å². The maximum atomic E-state index is 12.5. The predicted molar refractivity (Wildman–Crippen MR) is 130 cm³/mol. The summed E-state index contributed by atoms with van der Waals surface area (Å²) in [6.07, 6.45) is 6.74. The molecule has 4 aromatic rings. The fourth-order valence-corrected chi connectivity index (χ4v) is 4.80. The lowest BCUT2D eigenvalue weighted by atomic mass is 9.96. The molecular weight excluding hydrogens is 414 g/mol. The van der Waals surface area contributed by atoms with Gasteiger partial charge in [-0.25, -0.2) is 4.98 Å². The van der Waals surface area contributed by atoms with Crippen LogP contribution in [0, 0.1) is 6.92 Å². The Bertz CT molecular complexity index is 1280. The van der Waals surface area contributed by atoms with Crippen LogP contribution >= 0.6 is 0 Å². The minimum atomic E-state index is -0.424. The first-order valence-corrected chi connectivity index (χ1v) is 11.4. The molecule has 7 nitrogen and oxygen atoms in total. The molecule has 1 aliphatic rings. The van der Waals surface area contributed by atoms with Gasteiger partial charge in [0.15, 0.2) is 0 Å². The van der Waals surface area contributed by atoms with Crippen LogP contribution in [0.25, 0.3) is 27.7 Å². The molecule has 7 heteroatoms. The van der Waals surface area contributed by atoms with Crippen LogP contribution < -0.4 is 5.73 Å². The van der Waals surface area contributed by atoms with E-state index in [-0.39, 0.29) is 0 Å². The minimum absolute atomic E-state index is 0.424. The highest BCUT2D eigenvalue weighted by atomic mass is 16.5. The van der Waals surface area contributed by atoms with Crippen LogP contribution in [0.2, 0.25) is 0 Å². The summed E-state index contributed by atoms with van der Waals surface area (Å²) in [6.45, 7) is 7.42. The molecule has 33 heavy (non-hydrogen) atoms. The first-order chi connectivity index (χ1) is 16.1. The number of carbonyl (C=O) groups excluding carboxylic acids is 1. The second kappa shape index (κ2) is 9.21. The van der Waals surface area contributed by atoms with Crippen LogP contribution in [0.3, 0.4) is 0 Å². The molecule has 0 spiro atoms. The smallest absolute Gasteiger partial charge is 0.251 e. The molecule has 1 amide bonds. The quantitative estimate of drug-likeness (QED) is 0.473. The summed E-state index contributed by atoms with van der Waals surface area (Å²) in [5.41, 5.74) is 9.09. The van der Waals surface area contributed by atoms with Crippen LogP contribution in [-0.2, 0) is 11.3 Å². The van der Waals surface area contributed by atoms with Crippen molar-refractivity contribution in [1.82, 2.24) is 19.0 Å². The number of rotatable bonds is 7. The van der Waals surface area contributed by atoms with Gasteiger partial charge in [0.1, 0.15) is 5.82 Å². The number of morpholine rings is 1. The van der Waals surface area contributed by atoms with Gasteiger partial charge in [-0.15, -0.1) is 0 Å². The Labute approximate surface area is 193 Å². The first-order valence-electron chi connectivity index (χ1n) is 11.4. The third-order valence-corrected chi connectivity index (χ3v) is 6.49. The summed E-state index contributed by atoms with van der Waals surface area (Å²) >= 11 is 0. The number of primary amides is 1. The van der Waals surface area contributed by atoms with Gasteiger partial charge in [-0.05, 0) is 29.7 Å². The molecule has 0 saturated carbocycles. The van der Waals surface area contributed by atoms with Crippen molar-refractivity contribution in [2.75, 3.05) is 32.8 Å². The second-order valence-corrected chi connectivity index (χ2v) is 8.52. The minimum Gasteiger partial charge on any atom is -0.379 e. The number of aryl methyl sites for hydroxylation is 1. The molecule has 1 aliphatic heterocycles. The van der Waals surface area contributed by atoms with Crippen LogP contribution in [0.1, 0.15) is 22.5 Å². The summed E-state index contributed by atoms with van der Waals surface area (Å²) in [5, 5.41) is 2.22. The Morgan fingerprint density at radius 3 is 2.67 bits per heavy atom. The molecule has 5 rings (SSSR count). The molecular formula is C26H29N5O2. The second-order valence-electron chi connectivity index (χ2n) is 8.52. The normalized spacial score (nSPS) is 14.7. The van der Waals surface area contributed by atoms with E-state index in [2.05, 4.69) is 32.7 Å². The average Bonchev–Trinajstić information content (AvgIpc) is 3.43. The number of benzene rings is 2. The molecule has 1 fully saturated rings.